The van der Waals surface area contributed by atoms with Gasteiger partial charge in [-0.1, -0.05) is 0 Å². The number of hydrogen-bond acceptors (Lipinski definition) is 4. The van der Waals surface area contributed by atoms with Gasteiger partial charge in [-0.3, -0.25) is 0 Å². The molecule has 0 saturated carbocycles. The van der Waals surface area contributed by atoms with Crippen LogP contribution in [-0.4, -0.2) is 35.9 Å². The first-order chi connectivity index (χ1) is 8.77. The highest BCUT2D eigenvalue weighted by Crippen LogP contribution is 2.32. The van der Waals surface area contributed by atoms with Gasteiger partial charge in [-0.15, -0.1) is 10.2 Å². The molecular formula is C9H8F3N5O2. The Morgan fingerprint density at radius 3 is 2.53 bits per heavy atom. The van der Waals surface area contributed by atoms with Crippen molar-refractivity contribution in [3.63, 3.8) is 0 Å². The standard InChI is InChI=1S/C9H8F3N5O2/c1-16-14-7(13-15-16)4-17-2-5(8(18)19)6(3-17)9(10,11)12/h2-3H,4H2,1H3,(H,18,19). The molecule has 0 aliphatic rings. The molecule has 10 heteroatoms. The van der Waals surface area contributed by atoms with Crippen molar-refractivity contribution in [1.29, 1.82) is 0 Å². The van der Waals surface area contributed by atoms with Crippen molar-refractivity contribution >= 4 is 5.97 Å². The molecule has 0 spiro atoms. The number of hydrogen-bond donors (Lipinski definition) is 1. The number of carboxylic acid groups (broad SMARTS) is 1. The molecule has 0 unspecified atom stereocenters. The van der Waals surface area contributed by atoms with Crippen LogP contribution in [0.5, 0.6) is 0 Å². The molecule has 2 rings (SSSR count). The molecule has 0 radical (unpaired) electrons. The molecular weight excluding hydrogens is 267 g/mol. The van der Waals surface area contributed by atoms with Crippen molar-refractivity contribution in [2.45, 2.75) is 12.7 Å². The van der Waals surface area contributed by atoms with E-state index in [1.54, 1.807) is 0 Å². The molecule has 0 aliphatic heterocycles. The number of carboxylic acids is 1. The summed E-state index contributed by atoms with van der Waals surface area (Å²) in [6, 6.07) is 0. The summed E-state index contributed by atoms with van der Waals surface area (Å²) >= 11 is 0. The van der Waals surface area contributed by atoms with Gasteiger partial charge >= 0.3 is 12.1 Å². The van der Waals surface area contributed by atoms with Crippen molar-refractivity contribution < 1.29 is 23.1 Å². The third kappa shape index (κ3) is 2.72. The second-order valence-corrected chi connectivity index (χ2v) is 3.76. The summed E-state index contributed by atoms with van der Waals surface area (Å²) < 4.78 is 39.0. The highest BCUT2D eigenvalue weighted by molar-refractivity contribution is 5.89. The molecule has 19 heavy (non-hydrogen) atoms. The number of nitrogens with zero attached hydrogens (tertiary/aromatic N) is 5. The summed E-state index contributed by atoms with van der Waals surface area (Å²) in [7, 11) is 1.51. The smallest absolute Gasteiger partial charge is 0.418 e. The number of aryl methyl sites for hydroxylation is 1. The molecule has 2 heterocycles. The van der Waals surface area contributed by atoms with Crippen LogP contribution in [-0.2, 0) is 19.8 Å². The molecule has 0 aliphatic carbocycles. The minimum Gasteiger partial charge on any atom is -0.478 e. The fourth-order valence-corrected chi connectivity index (χ4v) is 1.55. The van der Waals surface area contributed by atoms with Crippen LogP contribution in [0.25, 0.3) is 0 Å². The van der Waals surface area contributed by atoms with Gasteiger partial charge < -0.3 is 9.67 Å². The first kappa shape index (κ1) is 13.1. The Balaban J connectivity index is 2.35. The number of aromatic carboxylic acids is 1. The van der Waals surface area contributed by atoms with Crippen LogP contribution >= 0.6 is 0 Å². The van der Waals surface area contributed by atoms with Crippen LogP contribution in [0.3, 0.4) is 0 Å². The Labute approximate surface area is 104 Å². The zero-order chi connectivity index (χ0) is 14.2. The van der Waals surface area contributed by atoms with E-state index in [1.165, 1.54) is 7.05 Å². The third-order valence-corrected chi connectivity index (χ3v) is 2.29. The number of alkyl halides is 3. The van der Waals surface area contributed by atoms with Crippen molar-refractivity contribution in [1.82, 2.24) is 24.8 Å². The lowest BCUT2D eigenvalue weighted by atomic mass is 10.2. The summed E-state index contributed by atoms with van der Waals surface area (Å²) in [6.07, 6.45) is -3.13. The topological polar surface area (TPSA) is 85.8 Å². The average molecular weight is 275 g/mol. The second-order valence-electron chi connectivity index (χ2n) is 3.76. The lowest BCUT2D eigenvalue weighted by Crippen LogP contribution is -2.09. The fraction of sp³-hybridized carbons (Fsp3) is 0.333. The molecule has 0 bridgehead atoms. The van der Waals surface area contributed by atoms with Gasteiger partial charge in [0.05, 0.1) is 24.7 Å². The lowest BCUT2D eigenvalue weighted by molar-refractivity contribution is -0.138. The molecule has 1 N–H and O–H groups in total. The second kappa shape index (κ2) is 4.37. The molecule has 2 aromatic heterocycles. The van der Waals surface area contributed by atoms with Gasteiger partial charge in [0, 0.05) is 12.4 Å². The van der Waals surface area contributed by atoms with E-state index in [2.05, 4.69) is 15.4 Å². The van der Waals surface area contributed by atoms with Crippen LogP contribution in [0.4, 0.5) is 13.2 Å². The number of tetrazole rings is 1. The predicted octanol–water partition coefficient (Wildman–Crippen LogP) is 0.777. The first-order valence-electron chi connectivity index (χ1n) is 5.00. The Morgan fingerprint density at radius 1 is 1.42 bits per heavy atom. The van der Waals surface area contributed by atoms with E-state index in [4.69, 9.17) is 5.11 Å². The molecule has 0 fully saturated rings. The predicted molar refractivity (Wildman–Crippen MR) is 54.3 cm³/mol. The first-order valence-corrected chi connectivity index (χ1v) is 5.00. The summed E-state index contributed by atoms with van der Waals surface area (Å²) in [6.45, 7) is -0.0931. The third-order valence-electron chi connectivity index (χ3n) is 2.29. The maximum Gasteiger partial charge on any atom is 0.418 e. The van der Waals surface area contributed by atoms with Gasteiger partial charge in [0.25, 0.3) is 0 Å². The maximum absolute atomic E-state index is 12.6. The summed E-state index contributed by atoms with van der Waals surface area (Å²) in [5.41, 5.74) is -2.01. The van der Waals surface area contributed by atoms with Gasteiger partial charge in [0.15, 0.2) is 5.82 Å². The molecule has 0 atom stereocenters. The largest absolute Gasteiger partial charge is 0.478 e. The van der Waals surface area contributed by atoms with Crippen LogP contribution < -0.4 is 0 Å². The SMILES string of the molecule is Cn1nnc(Cn2cc(C(=O)O)c(C(F)(F)F)c2)n1. The molecule has 0 aromatic carbocycles. The van der Waals surface area contributed by atoms with E-state index in [1.807, 2.05) is 0 Å². The molecule has 0 saturated heterocycles. The van der Waals surface area contributed by atoms with Crippen molar-refractivity contribution in [3.8, 4) is 0 Å². The van der Waals surface area contributed by atoms with Gasteiger partial charge in [0.1, 0.15) is 0 Å². The van der Waals surface area contributed by atoms with E-state index in [-0.39, 0.29) is 12.4 Å². The Hall–Kier alpha value is -2.39. The zero-order valence-electron chi connectivity index (χ0n) is 9.59. The fourth-order valence-electron chi connectivity index (χ4n) is 1.55. The molecule has 0 amide bonds. The molecule has 2 aromatic rings. The number of aromatic nitrogens is 5. The van der Waals surface area contributed by atoms with Gasteiger partial charge in [-0.05, 0) is 5.21 Å². The normalized spacial score (nSPS) is 11.8. The van der Waals surface area contributed by atoms with Gasteiger partial charge in [-0.25, -0.2) is 4.79 Å². The van der Waals surface area contributed by atoms with Crippen molar-refractivity contribution in [2.75, 3.05) is 0 Å². The Kier molecular flexibility index (Phi) is 3.00. The van der Waals surface area contributed by atoms with E-state index < -0.39 is 23.3 Å². The minimum absolute atomic E-state index is 0.0931. The number of carbonyl (C=O) groups is 1. The van der Waals surface area contributed by atoms with Crippen LogP contribution in [0.2, 0.25) is 0 Å². The van der Waals surface area contributed by atoms with Gasteiger partial charge in [-0.2, -0.15) is 18.0 Å². The Morgan fingerprint density at radius 2 is 2.11 bits per heavy atom. The van der Waals surface area contributed by atoms with E-state index in [0.29, 0.717) is 6.20 Å². The Bertz CT molecular complexity index is 616. The molecule has 7 nitrogen and oxygen atoms in total. The quantitative estimate of drug-likeness (QED) is 0.894. The van der Waals surface area contributed by atoms with E-state index in [9.17, 15) is 18.0 Å². The minimum atomic E-state index is -4.73. The summed E-state index contributed by atoms with van der Waals surface area (Å²) in [5, 5.41) is 19.7. The monoisotopic (exact) mass is 275 g/mol. The van der Waals surface area contributed by atoms with Crippen LogP contribution in [0, 0.1) is 0 Å². The van der Waals surface area contributed by atoms with Gasteiger partial charge in [0.2, 0.25) is 0 Å². The lowest BCUT2D eigenvalue weighted by Gasteiger charge is -2.04. The van der Waals surface area contributed by atoms with Crippen LogP contribution in [0.1, 0.15) is 21.7 Å². The maximum atomic E-state index is 12.6. The molecule has 102 valence electrons. The van der Waals surface area contributed by atoms with E-state index in [0.717, 1.165) is 15.6 Å². The van der Waals surface area contributed by atoms with Crippen molar-refractivity contribution in [2.24, 2.45) is 7.05 Å². The number of halogens is 3. The summed E-state index contributed by atoms with van der Waals surface area (Å²) in [5.74, 6) is -1.46. The average Bonchev–Trinajstić information content (AvgIpc) is 2.85. The highest BCUT2D eigenvalue weighted by Gasteiger charge is 2.37. The van der Waals surface area contributed by atoms with Crippen LogP contribution in [0.15, 0.2) is 12.4 Å². The number of rotatable bonds is 3. The highest BCUT2D eigenvalue weighted by atomic mass is 19.4. The van der Waals surface area contributed by atoms with Crippen molar-refractivity contribution in [3.05, 3.63) is 29.3 Å². The zero-order valence-corrected chi connectivity index (χ0v) is 9.59. The van der Waals surface area contributed by atoms with E-state index >= 15 is 0 Å². The summed E-state index contributed by atoms with van der Waals surface area (Å²) in [4.78, 5) is 11.9.